The molecule has 3 aromatic rings. The highest BCUT2D eigenvalue weighted by Crippen LogP contribution is 2.42. The van der Waals surface area contributed by atoms with Gasteiger partial charge in [-0.05, 0) is 17.7 Å². The monoisotopic (exact) mass is 359 g/mol. The van der Waals surface area contributed by atoms with Crippen molar-refractivity contribution in [3.8, 4) is 17.2 Å². The van der Waals surface area contributed by atoms with Crippen molar-refractivity contribution in [1.29, 1.82) is 0 Å². The number of nitrogens with one attached hydrogen (secondary N) is 1. The van der Waals surface area contributed by atoms with E-state index >= 15 is 0 Å². The molecule has 25 heavy (non-hydrogen) atoms. The van der Waals surface area contributed by atoms with Gasteiger partial charge in [-0.15, -0.1) is 11.3 Å². The fourth-order valence-electron chi connectivity index (χ4n) is 3.27. The molecule has 8 heteroatoms. The third-order valence-electron chi connectivity index (χ3n) is 4.45. The zero-order valence-corrected chi connectivity index (χ0v) is 14.6. The molecule has 0 fully saturated rings. The van der Waals surface area contributed by atoms with Crippen LogP contribution < -0.4 is 14.8 Å². The summed E-state index contributed by atoms with van der Waals surface area (Å²) >= 11 is 1.55. The first-order valence-corrected chi connectivity index (χ1v) is 8.66. The van der Waals surface area contributed by atoms with Gasteiger partial charge >= 0.3 is 0 Å². The van der Waals surface area contributed by atoms with E-state index in [0.717, 1.165) is 21.9 Å². The van der Waals surface area contributed by atoms with Crippen molar-refractivity contribution in [2.24, 2.45) is 0 Å². The summed E-state index contributed by atoms with van der Waals surface area (Å²) in [4.78, 5) is 17.8. The largest absolute Gasteiger partial charge is 0.502 e. The van der Waals surface area contributed by atoms with Gasteiger partial charge in [-0.3, -0.25) is 9.20 Å². The number of phenolic OH excluding ortho intramolecular Hbond substituents is 1. The number of hydrogen-bond acceptors (Lipinski definition) is 6. The zero-order chi connectivity index (χ0) is 17.6. The maximum Gasteiger partial charge on any atom is 0.221 e. The van der Waals surface area contributed by atoms with Crippen molar-refractivity contribution in [3.05, 3.63) is 40.7 Å². The number of nitrogens with zero attached hydrogens (tertiary/aromatic N) is 2. The molecule has 7 nitrogen and oxygen atoms in total. The number of aromatic hydroxyl groups is 1. The molecule has 0 spiro atoms. The Kier molecular flexibility index (Phi) is 3.76. The Morgan fingerprint density at radius 1 is 1.32 bits per heavy atom. The Hall–Kier alpha value is -2.74. The van der Waals surface area contributed by atoms with Crippen LogP contribution in [0.1, 0.15) is 29.3 Å². The fourth-order valence-corrected chi connectivity index (χ4v) is 4.01. The average Bonchev–Trinajstić information content (AvgIpc) is 3.15. The predicted molar refractivity (Wildman–Crippen MR) is 92.6 cm³/mol. The number of amides is 1. The summed E-state index contributed by atoms with van der Waals surface area (Å²) in [5.74, 6) is 0.308. The number of carbonyl (C=O) groups is 1. The lowest BCUT2D eigenvalue weighted by molar-refractivity contribution is -0.121. The van der Waals surface area contributed by atoms with Crippen LogP contribution in [0.5, 0.6) is 17.2 Å². The molecule has 0 aliphatic carbocycles. The van der Waals surface area contributed by atoms with Gasteiger partial charge in [0, 0.05) is 23.9 Å². The van der Waals surface area contributed by atoms with Crippen LogP contribution >= 0.6 is 11.3 Å². The maximum absolute atomic E-state index is 12.2. The molecule has 2 aromatic heterocycles. The lowest BCUT2D eigenvalue weighted by Crippen LogP contribution is -2.21. The normalized spacial score (nSPS) is 17.0. The van der Waals surface area contributed by atoms with Crippen molar-refractivity contribution in [2.75, 3.05) is 14.2 Å². The summed E-state index contributed by atoms with van der Waals surface area (Å²) in [5, 5.41) is 15.0. The molecular formula is C17H17N3O4S. The van der Waals surface area contributed by atoms with E-state index in [9.17, 15) is 9.90 Å². The number of rotatable bonds is 3. The van der Waals surface area contributed by atoms with E-state index in [1.165, 1.54) is 14.2 Å². The molecular weight excluding hydrogens is 342 g/mol. The molecule has 130 valence electrons. The first-order valence-electron chi connectivity index (χ1n) is 7.78. The maximum atomic E-state index is 12.2. The van der Waals surface area contributed by atoms with Crippen molar-refractivity contribution in [2.45, 2.75) is 18.9 Å². The number of carbonyl (C=O) groups excluding carboxylic acids is 1. The van der Waals surface area contributed by atoms with Gasteiger partial charge in [-0.1, -0.05) is 0 Å². The van der Waals surface area contributed by atoms with E-state index in [-0.39, 0.29) is 24.0 Å². The molecule has 0 saturated carbocycles. The van der Waals surface area contributed by atoms with Gasteiger partial charge in [0.15, 0.2) is 16.5 Å². The highest BCUT2D eigenvalue weighted by atomic mass is 32.1. The van der Waals surface area contributed by atoms with Gasteiger partial charge in [0.1, 0.15) is 0 Å². The first-order chi connectivity index (χ1) is 12.1. The van der Waals surface area contributed by atoms with Crippen LogP contribution in [0.3, 0.4) is 0 Å². The molecule has 0 radical (unpaired) electrons. The lowest BCUT2D eigenvalue weighted by atomic mass is 9.91. The molecule has 1 aromatic carbocycles. The van der Waals surface area contributed by atoms with Crippen LogP contribution in [0.25, 0.3) is 4.96 Å². The van der Waals surface area contributed by atoms with Crippen molar-refractivity contribution < 1.29 is 19.4 Å². The SMILES string of the molecule is COc1cc([C@@H]2CC(=O)NCc3nc4sccn4c32)cc(OC)c1O. The number of benzene rings is 1. The minimum Gasteiger partial charge on any atom is -0.502 e. The Morgan fingerprint density at radius 3 is 2.72 bits per heavy atom. The molecule has 0 bridgehead atoms. The minimum absolute atomic E-state index is 0.0435. The smallest absolute Gasteiger partial charge is 0.221 e. The van der Waals surface area contributed by atoms with Gasteiger partial charge in [0.05, 0.1) is 32.2 Å². The van der Waals surface area contributed by atoms with Crippen LogP contribution in [0.4, 0.5) is 0 Å². The lowest BCUT2D eigenvalue weighted by Gasteiger charge is -2.18. The summed E-state index contributed by atoms with van der Waals surface area (Å²) in [5.41, 5.74) is 2.66. The van der Waals surface area contributed by atoms with Gasteiger partial charge in [-0.2, -0.15) is 0 Å². The van der Waals surface area contributed by atoms with E-state index in [2.05, 4.69) is 10.3 Å². The van der Waals surface area contributed by atoms with Crippen LogP contribution in [0.2, 0.25) is 0 Å². The van der Waals surface area contributed by atoms with Crippen LogP contribution in [0.15, 0.2) is 23.7 Å². The molecule has 2 N–H and O–H groups in total. The number of aromatic nitrogens is 2. The van der Waals surface area contributed by atoms with E-state index in [1.807, 2.05) is 16.0 Å². The summed E-state index contributed by atoms with van der Waals surface area (Å²) in [6, 6.07) is 3.49. The van der Waals surface area contributed by atoms with Gasteiger partial charge in [0.25, 0.3) is 0 Å². The van der Waals surface area contributed by atoms with Crippen LogP contribution in [0, 0.1) is 0 Å². The molecule has 3 heterocycles. The molecule has 1 amide bonds. The molecule has 1 aliphatic heterocycles. The number of fused-ring (bicyclic) bond motifs is 3. The third kappa shape index (κ3) is 2.49. The van der Waals surface area contributed by atoms with Crippen molar-refractivity contribution in [1.82, 2.24) is 14.7 Å². The second-order valence-electron chi connectivity index (χ2n) is 5.81. The Labute approximate surface area is 147 Å². The summed E-state index contributed by atoms with van der Waals surface area (Å²) < 4.78 is 12.6. The second kappa shape index (κ2) is 5.96. The van der Waals surface area contributed by atoms with Crippen molar-refractivity contribution >= 4 is 22.2 Å². The zero-order valence-electron chi connectivity index (χ0n) is 13.8. The highest BCUT2D eigenvalue weighted by molar-refractivity contribution is 7.15. The van der Waals surface area contributed by atoms with E-state index in [1.54, 1.807) is 23.5 Å². The standard InChI is InChI=1S/C17H17N3O4S/c1-23-12-5-9(6-13(24-2)16(12)22)10-7-14(21)18-8-11-15(10)20-3-4-25-17(20)19-11/h3-6,10,22H,7-8H2,1-2H3,(H,18,21)/t10-/m0/s1. The molecule has 4 rings (SSSR count). The van der Waals surface area contributed by atoms with Crippen LogP contribution in [-0.4, -0.2) is 34.6 Å². The Bertz CT molecular complexity index is 937. The summed E-state index contributed by atoms with van der Waals surface area (Å²) in [6.07, 6.45) is 2.25. The minimum atomic E-state index is -0.217. The number of phenols is 1. The topological polar surface area (TPSA) is 85.1 Å². The fraction of sp³-hybridized carbons (Fsp3) is 0.294. The molecule has 1 atom stereocenters. The second-order valence-corrected chi connectivity index (χ2v) is 6.68. The highest BCUT2D eigenvalue weighted by Gasteiger charge is 2.30. The van der Waals surface area contributed by atoms with Gasteiger partial charge in [-0.25, -0.2) is 4.98 Å². The number of thiazole rings is 1. The summed E-state index contributed by atoms with van der Waals surface area (Å²) in [7, 11) is 2.97. The van der Waals surface area contributed by atoms with Gasteiger partial charge < -0.3 is 19.9 Å². The third-order valence-corrected chi connectivity index (χ3v) is 5.21. The average molecular weight is 359 g/mol. The molecule has 0 unspecified atom stereocenters. The van der Waals surface area contributed by atoms with Crippen LogP contribution in [-0.2, 0) is 11.3 Å². The number of ether oxygens (including phenoxy) is 2. The Balaban J connectivity index is 1.93. The Morgan fingerprint density at radius 2 is 2.04 bits per heavy atom. The van der Waals surface area contributed by atoms with E-state index < -0.39 is 0 Å². The number of imidazole rings is 1. The quantitative estimate of drug-likeness (QED) is 0.749. The predicted octanol–water partition coefficient (Wildman–Crippen LogP) is 2.27. The molecule has 1 aliphatic rings. The van der Waals surface area contributed by atoms with E-state index in [4.69, 9.17) is 9.47 Å². The molecule has 0 saturated heterocycles. The number of hydrogen-bond donors (Lipinski definition) is 2. The van der Waals surface area contributed by atoms with Crippen molar-refractivity contribution in [3.63, 3.8) is 0 Å². The first kappa shape index (κ1) is 15.8. The summed E-state index contributed by atoms with van der Waals surface area (Å²) in [6.45, 7) is 0.408. The van der Waals surface area contributed by atoms with Gasteiger partial charge in [0.2, 0.25) is 11.7 Å². The van der Waals surface area contributed by atoms with E-state index in [0.29, 0.717) is 18.0 Å². The number of methoxy groups -OCH3 is 2.